The molecular weight excluding hydrogens is 114 g/mol. The maximum Gasteiger partial charge on any atom is 0.0694 e. The fourth-order valence-corrected chi connectivity index (χ4v) is 0.942. The zero-order valence-corrected chi connectivity index (χ0v) is 6.05. The second-order valence-corrected chi connectivity index (χ2v) is 2.62. The fraction of sp³-hybridized carbons (Fsp3) is 0.714. The van der Waals surface area contributed by atoms with Crippen LogP contribution in [0.5, 0.6) is 0 Å². The summed E-state index contributed by atoms with van der Waals surface area (Å²) in [4.78, 5) is 2.15. The molecule has 1 rings (SSSR count). The molecule has 1 aliphatic heterocycles. The number of hydrogen-bond acceptors (Lipinski definition) is 2. The lowest BCUT2D eigenvalue weighted by atomic mass is 10.3. The molecule has 0 unspecified atom stereocenters. The molecule has 0 saturated carbocycles. The Labute approximate surface area is 56.1 Å². The molecule has 52 valence electrons. The van der Waals surface area contributed by atoms with E-state index in [2.05, 4.69) is 25.1 Å². The van der Waals surface area contributed by atoms with Gasteiger partial charge in [-0.05, 0) is 19.7 Å². The first kappa shape index (κ1) is 6.78. The molecule has 0 fully saturated rings. The Balaban J connectivity index is 2.26. The third kappa shape index (κ3) is 2.16. The zero-order chi connectivity index (χ0) is 6.69. The normalized spacial score (nSPS) is 18.8. The van der Waals surface area contributed by atoms with Gasteiger partial charge in [0.25, 0.3) is 0 Å². The molecule has 2 heteroatoms. The quantitative estimate of drug-likeness (QED) is 0.501. The van der Waals surface area contributed by atoms with Gasteiger partial charge in [0.1, 0.15) is 0 Å². The average Bonchev–Trinajstić information content (AvgIpc) is 2.15. The summed E-state index contributed by atoms with van der Waals surface area (Å²) in [6.45, 7) is 2.68. The number of ether oxygens (including phenoxy) is 1. The van der Waals surface area contributed by atoms with E-state index in [4.69, 9.17) is 4.74 Å². The van der Waals surface area contributed by atoms with Crippen molar-refractivity contribution in [2.75, 3.05) is 33.9 Å². The molecule has 0 spiro atoms. The molecule has 0 aromatic carbocycles. The molecule has 2 nitrogen and oxygen atoms in total. The van der Waals surface area contributed by atoms with Crippen molar-refractivity contribution in [3.63, 3.8) is 0 Å². The Morgan fingerprint density at radius 1 is 1.67 bits per heavy atom. The van der Waals surface area contributed by atoms with Gasteiger partial charge in [-0.2, -0.15) is 0 Å². The molecular formula is C7H13NO. The SMILES string of the molecule is CN(C)CC1=CCOC1. The van der Waals surface area contributed by atoms with Crippen LogP contribution in [0, 0.1) is 0 Å². The summed E-state index contributed by atoms with van der Waals surface area (Å²) in [6, 6.07) is 0. The standard InChI is InChI=1S/C7H13NO/c1-8(2)5-7-3-4-9-6-7/h3H,4-6H2,1-2H3. The van der Waals surface area contributed by atoms with Crippen LogP contribution in [0.1, 0.15) is 0 Å². The van der Waals surface area contributed by atoms with E-state index in [0.29, 0.717) is 0 Å². The van der Waals surface area contributed by atoms with Crippen LogP contribution in [0.2, 0.25) is 0 Å². The minimum atomic E-state index is 0.809. The largest absolute Gasteiger partial charge is 0.373 e. The van der Waals surface area contributed by atoms with Crippen LogP contribution in [0.15, 0.2) is 11.6 Å². The molecule has 0 amide bonds. The summed E-state index contributed by atoms with van der Waals surface area (Å²) in [7, 11) is 4.14. The minimum absolute atomic E-state index is 0.809. The van der Waals surface area contributed by atoms with Crippen molar-refractivity contribution >= 4 is 0 Å². The van der Waals surface area contributed by atoms with Crippen LogP contribution < -0.4 is 0 Å². The van der Waals surface area contributed by atoms with E-state index in [1.54, 1.807) is 0 Å². The van der Waals surface area contributed by atoms with Gasteiger partial charge in [0.2, 0.25) is 0 Å². The summed E-state index contributed by atoms with van der Waals surface area (Å²) < 4.78 is 5.14. The monoisotopic (exact) mass is 127 g/mol. The van der Waals surface area contributed by atoms with Crippen LogP contribution in [0.3, 0.4) is 0 Å². The number of likely N-dealkylation sites (N-methyl/N-ethyl adjacent to an activating group) is 1. The van der Waals surface area contributed by atoms with E-state index >= 15 is 0 Å². The van der Waals surface area contributed by atoms with Gasteiger partial charge >= 0.3 is 0 Å². The van der Waals surface area contributed by atoms with Gasteiger partial charge in [0, 0.05) is 6.54 Å². The first-order valence-corrected chi connectivity index (χ1v) is 3.19. The van der Waals surface area contributed by atoms with Crippen molar-refractivity contribution in [3.05, 3.63) is 11.6 Å². The molecule has 0 aliphatic carbocycles. The van der Waals surface area contributed by atoms with Crippen molar-refractivity contribution in [1.82, 2.24) is 4.90 Å². The number of rotatable bonds is 2. The van der Waals surface area contributed by atoms with E-state index in [1.807, 2.05) is 0 Å². The first-order chi connectivity index (χ1) is 4.29. The lowest BCUT2D eigenvalue weighted by molar-refractivity contribution is 0.204. The number of nitrogens with zero attached hydrogens (tertiary/aromatic N) is 1. The fourth-order valence-electron chi connectivity index (χ4n) is 0.942. The summed E-state index contributed by atoms with van der Waals surface area (Å²) in [6.07, 6.45) is 2.15. The van der Waals surface area contributed by atoms with Gasteiger partial charge in [-0.3, -0.25) is 0 Å². The Hall–Kier alpha value is -0.340. The molecule has 0 bridgehead atoms. The zero-order valence-electron chi connectivity index (χ0n) is 6.05. The highest BCUT2D eigenvalue weighted by molar-refractivity contribution is 5.08. The lowest BCUT2D eigenvalue weighted by Gasteiger charge is -2.08. The van der Waals surface area contributed by atoms with Crippen LogP contribution in [-0.2, 0) is 4.74 Å². The van der Waals surface area contributed by atoms with Crippen molar-refractivity contribution in [2.45, 2.75) is 0 Å². The van der Waals surface area contributed by atoms with Crippen molar-refractivity contribution in [3.8, 4) is 0 Å². The Morgan fingerprint density at radius 2 is 2.44 bits per heavy atom. The van der Waals surface area contributed by atoms with Crippen LogP contribution in [0.4, 0.5) is 0 Å². The van der Waals surface area contributed by atoms with Crippen LogP contribution in [0.25, 0.3) is 0 Å². The van der Waals surface area contributed by atoms with Crippen LogP contribution >= 0.6 is 0 Å². The van der Waals surface area contributed by atoms with Crippen molar-refractivity contribution in [1.29, 1.82) is 0 Å². The second kappa shape index (κ2) is 2.99. The van der Waals surface area contributed by atoms with Gasteiger partial charge in [0.05, 0.1) is 13.2 Å². The molecule has 9 heavy (non-hydrogen) atoms. The topological polar surface area (TPSA) is 12.5 Å². The molecule has 0 aromatic rings. The molecule has 0 atom stereocenters. The van der Waals surface area contributed by atoms with Crippen molar-refractivity contribution < 1.29 is 4.74 Å². The van der Waals surface area contributed by atoms with E-state index in [1.165, 1.54) is 5.57 Å². The van der Waals surface area contributed by atoms with Gasteiger partial charge in [-0.25, -0.2) is 0 Å². The van der Waals surface area contributed by atoms with E-state index in [9.17, 15) is 0 Å². The molecule has 0 saturated heterocycles. The van der Waals surface area contributed by atoms with Gasteiger partial charge in [0.15, 0.2) is 0 Å². The van der Waals surface area contributed by atoms with Gasteiger partial charge in [-0.1, -0.05) is 6.08 Å². The highest BCUT2D eigenvalue weighted by Crippen LogP contribution is 2.03. The minimum Gasteiger partial charge on any atom is -0.373 e. The Morgan fingerprint density at radius 3 is 2.89 bits per heavy atom. The maximum absolute atomic E-state index is 5.14. The average molecular weight is 127 g/mol. The maximum atomic E-state index is 5.14. The lowest BCUT2D eigenvalue weighted by Crippen LogP contribution is -2.15. The summed E-state index contributed by atoms with van der Waals surface area (Å²) in [5.74, 6) is 0. The second-order valence-electron chi connectivity index (χ2n) is 2.62. The number of hydrogen-bond donors (Lipinski definition) is 0. The summed E-state index contributed by atoms with van der Waals surface area (Å²) in [5, 5.41) is 0. The molecule has 1 aliphatic rings. The highest BCUT2D eigenvalue weighted by Gasteiger charge is 2.03. The smallest absolute Gasteiger partial charge is 0.0694 e. The summed E-state index contributed by atoms with van der Waals surface area (Å²) >= 11 is 0. The van der Waals surface area contributed by atoms with Crippen LogP contribution in [-0.4, -0.2) is 38.8 Å². The molecule has 0 aromatic heterocycles. The third-order valence-corrected chi connectivity index (χ3v) is 1.30. The molecule has 0 radical (unpaired) electrons. The van der Waals surface area contributed by atoms with E-state index < -0.39 is 0 Å². The first-order valence-electron chi connectivity index (χ1n) is 3.19. The molecule has 1 heterocycles. The van der Waals surface area contributed by atoms with E-state index in [-0.39, 0.29) is 0 Å². The Bertz CT molecular complexity index is 118. The highest BCUT2D eigenvalue weighted by atomic mass is 16.5. The molecule has 0 N–H and O–H groups in total. The predicted octanol–water partition coefficient (Wildman–Crippen LogP) is 0.505. The predicted molar refractivity (Wildman–Crippen MR) is 37.5 cm³/mol. The third-order valence-electron chi connectivity index (χ3n) is 1.30. The summed E-state index contributed by atoms with van der Waals surface area (Å²) in [5.41, 5.74) is 1.40. The van der Waals surface area contributed by atoms with Gasteiger partial charge < -0.3 is 9.64 Å². The Kier molecular flexibility index (Phi) is 2.25. The van der Waals surface area contributed by atoms with E-state index in [0.717, 1.165) is 19.8 Å². The van der Waals surface area contributed by atoms with Gasteiger partial charge in [-0.15, -0.1) is 0 Å². The van der Waals surface area contributed by atoms with Crippen molar-refractivity contribution in [2.24, 2.45) is 0 Å².